The molecule has 0 bridgehead atoms. The Morgan fingerprint density at radius 3 is 2.05 bits per heavy atom. The Morgan fingerprint density at radius 2 is 1.68 bits per heavy atom. The Kier molecular flexibility index (Phi) is 5.96. The standard InChI is InChI=1S/C13H25NO5/c1-12(2,3)19-10(16)8-9(15)13(4,5)11(17)14(6)18-7/h9,15H,8H2,1-7H3/t9-/m0/s1. The van der Waals surface area contributed by atoms with Crippen LogP contribution in [0, 0.1) is 5.41 Å². The number of aliphatic hydroxyl groups excluding tert-OH is 1. The summed E-state index contributed by atoms with van der Waals surface area (Å²) in [4.78, 5) is 28.4. The van der Waals surface area contributed by atoms with Crippen molar-refractivity contribution in [2.24, 2.45) is 5.41 Å². The molecule has 0 unspecified atom stereocenters. The summed E-state index contributed by atoms with van der Waals surface area (Å²) >= 11 is 0. The number of hydroxylamine groups is 2. The van der Waals surface area contributed by atoms with Crippen molar-refractivity contribution in [3.8, 4) is 0 Å². The molecule has 0 fully saturated rings. The van der Waals surface area contributed by atoms with Gasteiger partial charge in [0.25, 0.3) is 5.91 Å². The topological polar surface area (TPSA) is 76.1 Å². The first-order chi connectivity index (χ1) is 8.41. The highest BCUT2D eigenvalue weighted by molar-refractivity contribution is 5.82. The fraction of sp³-hybridized carbons (Fsp3) is 0.846. The molecule has 0 heterocycles. The van der Waals surface area contributed by atoms with Crippen LogP contribution in [-0.2, 0) is 19.2 Å². The lowest BCUT2D eigenvalue weighted by Crippen LogP contribution is -2.46. The number of rotatable bonds is 5. The van der Waals surface area contributed by atoms with Gasteiger partial charge in [-0.05, 0) is 34.6 Å². The summed E-state index contributed by atoms with van der Waals surface area (Å²) in [5, 5.41) is 11.1. The van der Waals surface area contributed by atoms with Crippen LogP contribution in [0.5, 0.6) is 0 Å². The number of nitrogens with zero attached hydrogens (tertiary/aromatic N) is 1. The predicted octanol–water partition coefficient (Wildman–Crippen LogP) is 1.13. The van der Waals surface area contributed by atoms with Crippen molar-refractivity contribution in [3.63, 3.8) is 0 Å². The number of ether oxygens (including phenoxy) is 1. The highest BCUT2D eigenvalue weighted by atomic mass is 16.7. The zero-order chi connectivity index (χ0) is 15.4. The fourth-order valence-electron chi connectivity index (χ4n) is 1.43. The number of amides is 1. The number of aliphatic hydroxyl groups is 1. The normalized spacial score (nSPS) is 13.9. The first-order valence-electron chi connectivity index (χ1n) is 6.14. The van der Waals surface area contributed by atoms with Crippen LogP contribution in [0.3, 0.4) is 0 Å². The quantitative estimate of drug-likeness (QED) is 0.601. The molecule has 19 heavy (non-hydrogen) atoms. The minimum absolute atomic E-state index is 0.242. The molecule has 6 heteroatoms. The van der Waals surface area contributed by atoms with Crippen molar-refractivity contribution in [3.05, 3.63) is 0 Å². The Labute approximate surface area is 114 Å². The van der Waals surface area contributed by atoms with Gasteiger partial charge in [0.15, 0.2) is 0 Å². The number of hydrogen-bond acceptors (Lipinski definition) is 5. The largest absolute Gasteiger partial charge is 0.460 e. The van der Waals surface area contributed by atoms with E-state index < -0.39 is 29.0 Å². The molecule has 0 aliphatic heterocycles. The van der Waals surface area contributed by atoms with Crippen LogP contribution >= 0.6 is 0 Å². The van der Waals surface area contributed by atoms with E-state index in [0.717, 1.165) is 5.06 Å². The molecule has 0 spiro atoms. The molecule has 0 aromatic rings. The molecule has 0 aromatic heterocycles. The summed E-state index contributed by atoms with van der Waals surface area (Å²) in [5.74, 6) is -0.952. The zero-order valence-corrected chi connectivity index (χ0v) is 12.8. The number of hydrogen-bond donors (Lipinski definition) is 1. The minimum Gasteiger partial charge on any atom is -0.460 e. The predicted molar refractivity (Wildman–Crippen MR) is 70.0 cm³/mol. The maximum atomic E-state index is 12.0. The maximum absolute atomic E-state index is 12.0. The first-order valence-corrected chi connectivity index (χ1v) is 6.14. The summed E-state index contributed by atoms with van der Waals surface area (Å²) in [5.41, 5.74) is -1.75. The third-order valence-corrected chi connectivity index (χ3v) is 2.72. The second kappa shape index (κ2) is 6.34. The number of esters is 1. The summed E-state index contributed by atoms with van der Waals surface area (Å²) in [6, 6.07) is 0. The van der Waals surface area contributed by atoms with E-state index in [0.29, 0.717) is 0 Å². The van der Waals surface area contributed by atoms with Crippen LogP contribution in [0.2, 0.25) is 0 Å². The van der Waals surface area contributed by atoms with Gasteiger partial charge >= 0.3 is 5.97 Å². The van der Waals surface area contributed by atoms with Gasteiger partial charge < -0.3 is 9.84 Å². The molecule has 0 aromatic carbocycles. The van der Waals surface area contributed by atoms with Crippen LogP contribution in [-0.4, -0.2) is 47.9 Å². The van der Waals surface area contributed by atoms with Gasteiger partial charge in [-0.15, -0.1) is 0 Å². The SMILES string of the molecule is CON(C)C(=O)C(C)(C)[C@@H](O)CC(=O)OC(C)(C)C. The molecule has 0 aliphatic rings. The van der Waals surface area contributed by atoms with E-state index in [4.69, 9.17) is 9.57 Å². The zero-order valence-electron chi connectivity index (χ0n) is 12.8. The first kappa shape index (κ1) is 17.9. The van der Waals surface area contributed by atoms with Crippen LogP contribution in [0.15, 0.2) is 0 Å². The summed E-state index contributed by atoms with van der Waals surface area (Å²) in [6.07, 6.45) is -1.39. The molecule has 0 radical (unpaired) electrons. The molecule has 0 aliphatic carbocycles. The molecule has 1 N–H and O–H groups in total. The Hall–Kier alpha value is -1.14. The second-order valence-corrected chi connectivity index (χ2v) is 6.01. The molecular weight excluding hydrogens is 250 g/mol. The smallest absolute Gasteiger partial charge is 0.308 e. The van der Waals surface area contributed by atoms with Gasteiger partial charge in [0.05, 0.1) is 25.0 Å². The highest BCUT2D eigenvalue weighted by Gasteiger charge is 2.39. The van der Waals surface area contributed by atoms with E-state index in [-0.39, 0.29) is 6.42 Å². The van der Waals surface area contributed by atoms with Gasteiger partial charge in [0, 0.05) is 7.05 Å². The molecule has 0 saturated carbocycles. The lowest BCUT2D eigenvalue weighted by molar-refractivity contribution is -0.185. The van der Waals surface area contributed by atoms with Gasteiger partial charge in [0.2, 0.25) is 0 Å². The van der Waals surface area contributed by atoms with Crippen LogP contribution in [0.1, 0.15) is 41.0 Å². The Balaban J connectivity index is 4.68. The van der Waals surface area contributed by atoms with Gasteiger partial charge in [0.1, 0.15) is 5.60 Å². The minimum atomic E-state index is -1.15. The van der Waals surface area contributed by atoms with Gasteiger partial charge in [-0.3, -0.25) is 14.4 Å². The molecule has 112 valence electrons. The molecule has 0 rings (SSSR count). The summed E-state index contributed by atoms with van der Waals surface area (Å²) in [6.45, 7) is 8.34. The van der Waals surface area contributed by atoms with Crippen molar-refractivity contribution in [1.29, 1.82) is 0 Å². The van der Waals surface area contributed by atoms with E-state index in [1.54, 1.807) is 34.6 Å². The molecule has 1 amide bonds. The molecular formula is C13H25NO5. The van der Waals surface area contributed by atoms with E-state index in [9.17, 15) is 14.7 Å². The second-order valence-electron chi connectivity index (χ2n) is 6.01. The fourth-order valence-corrected chi connectivity index (χ4v) is 1.43. The lowest BCUT2D eigenvalue weighted by atomic mass is 9.83. The number of carbonyl (C=O) groups is 2. The van der Waals surface area contributed by atoms with E-state index >= 15 is 0 Å². The third-order valence-electron chi connectivity index (χ3n) is 2.72. The lowest BCUT2D eigenvalue weighted by Gasteiger charge is -2.32. The van der Waals surface area contributed by atoms with Gasteiger partial charge in [-0.1, -0.05) is 0 Å². The third kappa shape index (κ3) is 5.57. The van der Waals surface area contributed by atoms with Gasteiger partial charge in [-0.2, -0.15) is 0 Å². The monoisotopic (exact) mass is 275 g/mol. The van der Waals surface area contributed by atoms with Crippen LogP contribution < -0.4 is 0 Å². The van der Waals surface area contributed by atoms with E-state index in [1.165, 1.54) is 14.2 Å². The summed E-state index contributed by atoms with van der Waals surface area (Å²) < 4.78 is 5.11. The van der Waals surface area contributed by atoms with Crippen LogP contribution in [0.25, 0.3) is 0 Å². The van der Waals surface area contributed by atoms with Crippen molar-refractivity contribution in [2.45, 2.75) is 52.7 Å². The highest BCUT2D eigenvalue weighted by Crippen LogP contribution is 2.26. The van der Waals surface area contributed by atoms with Crippen LogP contribution in [0.4, 0.5) is 0 Å². The van der Waals surface area contributed by atoms with Crippen molar-refractivity contribution in [2.75, 3.05) is 14.2 Å². The molecule has 0 saturated heterocycles. The van der Waals surface area contributed by atoms with Crippen molar-refractivity contribution in [1.82, 2.24) is 5.06 Å². The maximum Gasteiger partial charge on any atom is 0.308 e. The van der Waals surface area contributed by atoms with Crippen molar-refractivity contribution < 1.29 is 24.3 Å². The average molecular weight is 275 g/mol. The van der Waals surface area contributed by atoms with E-state index in [2.05, 4.69) is 0 Å². The molecule has 6 nitrogen and oxygen atoms in total. The van der Waals surface area contributed by atoms with Gasteiger partial charge in [-0.25, -0.2) is 5.06 Å². The molecule has 1 atom stereocenters. The average Bonchev–Trinajstić information content (AvgIpc) is 2.23. The Bertz CT molecular complexity index is 332. The van der Waals surface area contributed by atoms with E-state index in [1.807, 2.05) is 0 Å². The van der Waals surface area contributed by atoms with Crippen molar-refractivity contribution >= 4 is 11.9 Å². The Morgan fingerprint density at radius 1 is 1.21 bits per heavy atom. The number of carbonyl (C=O) groups excluding carboxylic acids is 2. The summed E-state index contributed by atoms with van der Waals surface area (Å²) in [7, 11) is 2.80.